The Bertz CT molecular complexity index is 80.0. The molecule has 0 heterocycles. The summed E-state index contributed by atoms with van der Waals surface area (Å²) in [6.45, 7) is 6.76. The van der Waals surface area contributed by atoms with Crippen LogP contribution in [0.15, 0.2) is 12.2 Å². The van der Waals surface area contributed by atoms with Crippen molar-refractivity contribution in [1.29, 1.82) is 0 Å². The molecule has 0 amide bonds. The second-order valence-electron chi connectivity index (χ2n) is 3.23. The van der Waals surface area contributed by atoms with Crippen LogP contribution >= 0.6 is 0 Å². The Morgan fingerprint density at radius 2 is 1.70 bits per heavy atom. The first-order chi connectivity index (χ1) is 4.77. The summed E-state index contributed by atoms with van der Waals surface area (Å²) in [5.41, 5.74) is 0. The Balaban J connectivity index is 3.02. The second-order valence-corrected chi connectivity index (χ2v) is 3.23. The molecule has 0 N–H and O–H groups in total. The summed E-state index contributed by atoms with van der Waals surface area (Å²) in [4.78, 5) is 0. The average molecular weight is 140 g/mol. The minimum Gasteiger partial charge on any atom is -0.0885 e. The van der Waals surface area contributed by atoms with Gasteiger partial charge in [-0.25, -0.2) is 0 Å². The molecule has 0 bridgehead atoms. The molecule has 0 unspecified atom stereocenters. The molecule has 0 saturated carbocycles. The molecule has 0 spiro atoms. The van der Waals surface area contributed by atoms with E-state index >= 15 is 0 Å². The Labute approximate surface area is 65.3 Å². The molecular formula is C10H20. The van der Waals surface area contributed by atoms with Gasteiger partial charge in [0.15, 0.2) is 0 Å². The first-order valence-electron chi connectivity index (χ1n) is 4.42. The van der Waals surface area contributed by atoms with Gasteiger partial charge in [0.2, 0.25) is 0 Å². The van der Waals surface area contributed by atoms with Gasteiger partial charge in [-0.2, -0.15) is 0 Å². The Hall–Kier alpha value is -0.260. The fourth-order valence-electron chi connectivity index (χ4n) is 0.832. The molecule has 0 atom stereocenters. The number of unbranched alkanes of at least 4 members (excludes halogenated alkanes) is 1. The minimum absolute atomic E-state index is 0.853. The van der Waals surface area contributed by atoms with Gasteiger partial charge in [0.05, 0.1) is 0 Å². The maximum absolute atomic E-state index is 2.31. The highest BCUT2D eigenvalue weighted by Gasteiger charge is 1.88. The summed E-state index contributed by atoms with van der Waals surface area (Å²) >= 11 is 0. The molecule has 0 aromatic heterocycles. The van der Waals surface area contributed by atoms with Crippen molar-refractivity contribution in [2.75, 3.05) is 0 Å². The molecule has 0 aliphatic carbocycles. The monoisotopic (exact) mass is 140 g/mol. The lowest BCUT2D eigenvalue weighted by molar-refractivity contribution is 0.594. The van der Waals surface area contributed by atoms with Crippen LogP contribution in [0.4, 0.5) is 0 Å². The van der Waals surface area contributed by atoms with Crippen molar-refractivity contribution in [2.45, 2.75) is 46.5 Å². The summed E-state index contributed by atoms with van der Waals surface area (Å²) in [7, 11) is 0. The quantitative estimate of drug-likeness (QED) is 0.510. The highest BCUT2D eigenvalue weighted by Crippen LogP contribution is 2.04. The molecule has 0 nitrogen and oxygen atoms in total. The van der Waals surface area contributed by atoms with E-state index in [4.69, 9.17) is 0 Å². The van der Waals surface area contributed by atoms with E-state index in [1.165, 1.54) is 25.7 Å². The van der Waals surface area contributed by atoms with Gasteiger partial charge in [-0.05, 0) is 25.2 Å². The molecule has 0 aliphatic rings. The molecular weight excluding hydrogens is 120 g/mol. The van der Waals surface area contributed by atoms with E-state index < -0.39 is 0 Å². The van der Waals surface area contributed by atoms with Crippen molar-refractivity contribution in [3.8, 4) is 0 Å². The fraction of sp³-hybridized carbons (Fsp3) is 0.800. The summed E-state index contributed by atoms with van der Waals surface area (Å²) < 4.78 is 0. The molecule has 60 valence electrons. The molecule has 10 heavy (non-hydrogen) atoms. The SMILES string of the molecule is CCCC=CCCC(C)C. The van der Waals surface area contributed by atoms with Crippen molar-refractivity contribution in [2.24, 2.45) is 5.92 Å². The first-order valence-corrected chi connectivity index (χ1v) is 4.42. The van der Waals surface area contributed by atoms with Gasteiger partial charge in [-0.3, -0.25) is 0 Å². The highest BCUT2D eigenvalue weighted by atomic mass is 13.9. The number of hydrogen-bond acceptors (Lipinski definition) is 0. The zero-order valence-electron chi connectivity index (χ0n) is 7.56. The zero-order chi connectivity index (χ0) is 7.82. The summed E-state index contributed by atoms with van der Waals surface area (Å²) in [6.07, 6.45) is 9.72. The predicted molar refractivity (Wildman–Crippen MR) is 48.1 cm³/mol. The Morgan fingerprint density at radius 1 is 1.10 bits per heavy atom. The third kappa shape index (κ3) is 7.74. The lowest BCUT2D eigenvalue weighted by Gasteiger charge is -1.98. The van der Waals surface area contributed by atoms with E-state index in [0.29, 0.717) is 0 Å². The normalized spacial score (nSPS) is 11.6. The first kappa shape index (κ1) is 9.74. The molecule has 0 rings (SSSR count). The third-order valence-electron chi connectivity index (χ3n) is 1.53. The van der Waals surface area contributed by atoms with Gasteiger partial charge in [-0.1, -0.05) is 39.3 Å². The molecule has 0 aliphatic heterocycles. The second kappa shape index (κ2) is 6.85. The van der Waals surface area contributed by atoms with Crippen molar-refractivity contribution < 1.29 is 0 Å². The van der Waals surface area contributed by atoms with Gasteiger partial charge in [0.1, 0.15) is 0 Å². The minimum atomic E-state index is 0.853. The number of hydrogen-bond donors (Lipinski definition) is 0. The standard InChI is InChI=1S/C10H20/c1-4-5-6-7-8-9-10(2)3/h6-7,10H,4-5,8-9H2,1-3H3. The van der Waals surface area contributed by atoms with E-state index in [9.17, 15) is 0 Å². The van der Waals surface area contributed by atoms with Crippen LogP contribution in [-0.4, -0.2) is 0 Å². The molecule has 0 aromatic carbocycles. The van der Waals surface area contributed by atoms with Crippen LogP contribution in [0.3, 0.4) is 0 Å². The summed E-state index contributed by atoms with van der Waals surface area (Å²) in [6, 6.07) is 0. The van der Waals surface area contributed by atoms with Crippen LogP contribution in [0.5, 0.6) is 0 Å². The highest BCUT2D eigenvalue weighted by molar-refractivity contribution is 4.80. The fourth-order valence-corrected chi connectivity index (χ4v) is 0.832. The van der Waals surface area contributed by atoms with Crippen molar-refractivity contribution in [3.63, 3.8) is 0 Å². The third-order valence-corrected chi connectivity index (χ3v) is 1.53. The van der Waals surface area contributed by atoms with Gasteiger partial charge in [0.25, 0.3) is 0 Å². The number of rotatable bonds is 5. The van der Waals surface area contributed by atoms with E-state index in [0.717, 1.165) is 5.92 Å². The van der Waals surface area contributed by atoms with Gasteiger partial charge >= 0.3 is 0 Å². The summed E-state index contributed by atoms with van der Waals surface area (Å²) in [5, 5.41) is 0. The maximum atomic E-state index is 2.31. The molecule has 0 fully saturated rings. The molecule has 0 aromatic rings. The Morgan fingerprint density at radius 3 is 2.20 bits per heavy atom. The lowest BCUT2D eigenvalue weighted by atomic mass is 10.1. The van der Waals surface area contributed by atoms with Crippen LogP contribution < -0.4 is 0 Å². The van der Waals surface area contributed by atoms with Gasteiger partial charge in [0, 0.05) is 0 Å². The lowest BCUT2D eigenvalue weighted by Crippen LogP contribution is -1.83. The zero-order valence-corrected chi connectivity index (χ0v) is 7.56. The molecule has 0 radical (unpaired) electrons. The van der Waals surface area contributed by atoms with Gasteiger partial charge in [-0.15, -0.1) is 0 Å². The van der Waals surface area contributed by atoms with E-state index in [1.807, 2.05) is 0 Å². The van der Waals surface area contributed by atoms with E-state index in [2.05, 4.69) is 32.9 Å². The van der Waals surface area contributed by atoms with Crippen LogP contribution in [0.25, 0.3) is 0 Å². The largest absolute Gasteiger partial charge is 0.0885 e. The average Bonchev–Trinajstić information content (AvgIpc) is 1.87. The van der Waals surface area contributed by atoms with E-state index in [1.54, 1.807) is 0 Å². The smallest absolute Gasteiger partial charge is 0.0348 e. The van der Waals surface area contributed by atoms with Crippen LogP contribution in [0.1, 0.15) is 46.5 Å². The molecule has 0 heteroatoms. The molecule has 0 saturated heterocycles. The maximum Gasteiger partial charge on any atom is -0.0348 e. The van der Waals surface area contributed by atoms with Crippen LogP contribution in [-0.2, 0) is 0 Å². The van der Waals surface area contributed by atoms with Crippen LogP contribution in [0.2, 0.25) is 0 Å². The van der Waals surface area contributed by atoms with Crippen LogP contribution in [0, 0.1) is 5.92 Å². The predicted octanol–water partition coefficient (Wildman–Crippen LogP) is 3.78. The Kier molecular flexibility index (Phi) is 6.68. The van der Waals surface area contributed by atoms with Crippen molar-refractivity contribution in [1.82, 2.24) is 0 Å². The van der Waals surface area contributed by atoms with Crippen molar-refractivity contribution in [3.05, 3.63) is 12.2 Å². The van der Waals surface area contributed by atoms with Gasteiger partial charge < -0.3 is 0 Å². The van der Waals surface area contributed by atoms with E-state index in [-0.39, 0.29) is 0 Å². The summed E-state index contributed by atoms with van der Waals surface area (Å²) in [5.74, 6) is 0.853. The van der Waals surface area contributed by atoms with Crippen molar-refractivity contribution >= 4 is 0 Å². The topological polar surface area (TPSA) is 0 Å². The number of allylic oxidation sites excluding steroid dienone is 2.